The summed E-state index contributed by atoms with van der Waals surface area (Å²) in [6.07, 6.45) is 1.83. The molecule has 2 heterocycles. The molecule has 0 spiro atoms. The highest BCUT2D eigenvalue weighted by Crippen LogP contribution is 2.31. The monoisotopic (exact) mass is 391 g/mol. The minimum Gasteiger partial charge on any atom is -0.308 e. The second-order valence-electron chi connectivity index (χ2n) is 6.64. The molecule has 26 heavy (non-hydrogen) atoms. The minimum absolute atomic E-state index is 0.142. The Hall–Kier alpha value is -1.96. The van der Waals surface area contributed by atoms with Gasteiger partial charge in [0.2, 0.25) is 0 Å². The van der Waals surface area contributed by atoms with Gasteiger partial charge in [0.15, 0.2) is 10.8 Å². The fourth-order valence-corrected chi connectivity index (χ4v) is 3.73. The van der Waals surface area contributed by atoms with Crippen molar-refractivity contribution in [3.05, 3.63) is 41.2 Å². The number of halogens is 1. The van der Waals surface area contributed by atoms with Gasteiger partial charge in [-0.1, -0.05) is 22.9 Å². The van der Waals surface area contributed by atoms with Crippen LogP contribution in [-0.4, -0.2) is 52.8 Å². The highest BCUT2D eigenvalue weighted by molar-refractivity contribution is 7.22. The van der Waals surface area contributed by atoms with E-state index in [4.69, 9.17) is 11.6 Å². The van der Waals surface area contributed by atoms with Crippen molar-refractivity contribution in [3.63, 3.8) is 0 Å². The van der Waals surface area contributed by atoms with Gasteiger partial charge in [-0.15, -0.1) is 0 Å². The molecule has 0 radical (unpaired) electrons. The van der Waals surface area contributed by atoms with Gasteiger partial charge < -0.3 is 4.90 Å². The summed E-state index contributed by atoms with van der Waals surface area (Å²) in [7, 11) is 3.96. The second-order valence-corrected chi connectivity index (χ2v) is 8.09. The van der Waals surface area contributed by atoms with Crippen LogP contribution in [0.1, 0.15) is 30.4 Å². The second kappa shape index (κ2) is 7.73. The number of rotatable bonds is 6. The maximum absolute atomic E-state index is 13.1. The molecule has 0 aliphatic carbocycles. The number of hydrogen-bond donors (Lipinski definition) is 0. The van der Waals surface area contributed by atoms with Crippen LogP contribution in [0.3, 0.4) is 0 Å². The Balaban J connectivity index is 1.95. The van der Waals surface area contributed by atoms with Crippen LogP contribution in [0.4, 0.5) is 5.13 Å². The van der Waals surface area contributed by atoms with Crippen molar-refractivity contribution >= 4 is 44.2 Å². The van der Waals surface area contributed by atoms with Crippen molar-refractivity contribution < 1.29 is 4.79 Å². The Bertz CT molecular complexity index is 917. The highest BCUT2D eigenvalue weighted by atomic mass is 35.5. The number of thiazole rings is 1. The molecule has 0 fully saturated rings. The highest BCUT2D eigenvalue weighted by Gasteiger charge is 2.23. The standard InChI is InChI=1S/C18H22ClN5OS/c1-12(2)24-8-7-15(21-24)17(25)23(10-9-22(3)4)18-20-14-6-5-13(19)11-16(14)26-18/h5-8,11-12H,9-10H2,1-4H3. The zero-order valence-electron chi connectivity index (χ0n) is 15.3. The fraction of sp³-hybridized carbons (Fsp3) is 0.389. The normalized spacial score (nSPS) is 11.7. The fourth-order valence-electron chi connectivity index (χ4n) is 2.46. The number of carbonyl (C=O) groups excluding carboxylic acids is 1. The van der Waals surface area contributed by atoms with Crippen molar-refractivity contribution in [2.75, 3.05) is 32.1 Å². The lowest BCUT2D eigenvalue weighted by molar-refractivity contribution is 0.0979. The number of amides is 1. The van der Waals surface area contributed by atoms with E-state index in [0.717, 1.165) is 16.8 Å². The summed E-state index contributed by atoms with van der Waals surface area (Å²) in [5.41, 5.74) is 1.26. The third-order valence-electron chi connectivity index (χ3n) is 3.94. The van der Waals surface area contributed by atoms with Crippen molar-refractivity contribution in [1.82, 2.24) is 19.7 Å². The van der Waals surface area contributed by atoms with E-state index in [9.17, 15) is 4.79 Å². The Morgan fingerprint density at radius 2 is 2.04 bits per heavy atom. The first-order valence-electron chi connectivity index (χ1n) is 8.43. The van der Waals surface area contributed by atoms with E-state index in [1.165, 1.54) is 11.3 Å². The number of nitrogens with zero attached hydrogens (tertiary/aromatic N) is 5. The number of fused-ring (bicyclic) bond motifs is 1. The molecule has 0 aliphatic heterocycles. The van der Waals surface area contributed by atoms with E-state index in [1.807, 2.05) is 57.2 Å². The van der Waals surface area contributed by atoms with E-state index < -0.39 is 0 Å². The lowest BCUT2D eigenvalue weighted by atomic mass is 10.3. The molecule has 0 N–H and O–H groups in total. The van der Waals surface area contributed by atoms with Crippen molar-refractivity contribution in [2.24, 2.45) is 0 Å². The molecule has 0 atom stereocenters. The van der Waals surface area contributed by atoms with Crippen molar-refractivity contribution in [1.29, 1.82) is 0 Å². The van der Waals surface area contributed by atoms with Crippen molar-refractivity contribution in [3.8, 4) is 0 Å². The number of carbonyl (C=O) groups is 1. The van der Waals surface area contributed by atoms with E-state index >= 15 is 0 Å². The number of anilines is 1. The van der Waals surface area contributed by atoms with Gasteiger partial charge in [0, 0.05) is 30.4 Å². The maximum atomic E-state index is 13.1. The number of likely N-dealkylation sites (N-methyl/N-ethyl adjacent to an activating group) is 1. The summed E-state index contributed by atoms with van der Waals surface area (Å²) >= 11 is 7.54. The SMILES string of the molecule is CC(C)n1ccc(C(=O)N(CCN(C)C)c2nc3ccc(Cl)cc3s2)n1. The van der Waals surface area contributed by atoms with Crippen LogP contribution in [0.5, 0.6) is 0 Å². The summed E-state index contributed by atoms with van der Waals surface area (Å²) < 4.78 is 2.75. The van der Waals surface area contributed by atoms with Crippen LogP contribution in [0.15, 0.2) is 30.5 Å². The lowest BCUT2D eigenvalue weighted by Gasteiger charge is -2.21. The zero-order valence-corrected chi connectivity index (χ0v) is 16.9. The first-order chi connectivity index (χ1) is 12.3. The molecule has 6 nitrogen and oxygen atoms in total. The molecule has 0 saturated carbocycles. The van der Waals surface area contributed by atoms with Gasteiger partial charge in [-0.25, -0.2) is 4.98 Å². The van der Waals surface area contributed by atoms with Crippen LogP contribution < -0.4 is 4.90 Å². The Labute approximate surface area is 162 Å². The van der Waals surface area contributed by atoms with Gasteiger partial charge in [0.1, 0.15) is 0 Å². The summed E-state index contributed by atoms with van der Waals surface area (Å²) in [6, 6.07) is 7.52. The number of hydrogen-bond acceptors (Lipinski definition) is 5. The molecule has 2 aromatic heterocycles. The topological polar surface area (TPSA) is 54.3 Å². The van der Waals surface area contributed by atoms with Gasteiger partial charge >= 0.3 is 0 Å². The molecule has 8 heteroatoms. The molecule has 3 aromatic rings. The van der Waals surface area contributed by atoms with Gasteiger partial charge in [-0.3, -0.25) is 14.4 Å². The molecule has 0 aliphatic rings. The summed E-state index contributed by atoms with van der Waals surface area (Å²) in [5.74, 6) is -0.142. The molecular weight excluding hydrogens is 370 g/mol. The third-order valence-corrected chi connectivity index (χ3v) is 5.22. The van der Waals surface area contributed by atoms with Crippen LogP contribution >= 0.6 is 22.9 Å². The lowest BCUT2D eigenvalue weighted by Crippen LogP contribution is -2.37. The molecule has 3 rings (SSSR count). The van der Waals surface area contributed by atoms with Gasteiger partial charge in [-0.2, -0.15) is 5.10 Å². The molecule has 1 aromatic carbocycles. The van der Waals surface area contributed by atoms with Crippen LogP contribution in [0.25, 0.3) is 10.2 Å². The minimum atomic E-state index is -0.142. The van der Waals surface area contributed by atoms with Crippen LogP contribution in [0.2, 0.25) is 5.02 Å². The molecular formula is C18H22ClN5OS. The average Bonchev–Trinajstić information content (AvgIpc) is 3.20. The maximum Gasteiger partial charge on any atom is 0.280 e. The van der Waals surface area contributed by atoms with E-state index in [2.05, 4.69) is 10.1 Å². The van der Waals surface area contributed by atoms with Gasteiger partial charge in [0.25, 0.3) is 5.91 Å². The Morgan fingerprint density at radius 1 is 1.27 bits per heavy atom. The predicted octanol–water partition coefficient (Wildman–Crippen LogP) is 3.94. The van der Waals surface area contributed by atoms with Gasteiger partial charge in [-0.05, 0) is 52.2 Å². The predicted molar refractivity (Wildman–Crippen MR) is 107 cm³/mol. The number of aromatic nitrogens is 3. The quantitative estimate of drug-likeness (QED) is 0.638. The zero-order chi connectivity index (χ0) is 18.8. The molecule has 1 amide bonds. The third kappa shape index (κ3) is 4.06. The first-order valence-corrected chi connectivity index (χ1v) is 9.62. The van der Waals surface area contributed by atoms with Crippen molar-refractivity contribution in [2.45, 2.75) is 19.9 Å². The molecule has 0 saturated heterocycles. The Morgan fingerprint density at radius 3 is 2.69 bits per heavy atom. The van der Waals surface area contributed by atoms with Crippen LogP contribution in [0, 0.1) is 0 Å². The number of benzene rings is 1. The largest absolute Gasteiger partial charge is 0.308 e. The van der Waals surface area contributed by atoms with Crippen LogP contribution in [-0.2, 0) is 0 Å². The van der Waals surface area contributed by atoms with Gasteiger partial charge in [0.05, 0.1) is 10.2 Å². The van der Waals surface area contributed by atoms with E-state index in [-0.39, 0.29) is 11.9 Å². The summed E-state index contributed by atoms with van der Waals surface area (Å²) in [5, 5.41) is 5.74. The van der Waals surface area contributed by atoms with E-state index in [0.29, 0.717) is 22.4 Å². The smallest absolute Gasteiger partial charge is 0.280 e. The summed E-state index contributed by atoms with van der Waals surface area (Å²) in [4.78, 5) is 21.5. The molecule has 0 unspecified atom stereocenters. The molecule has 138 valence electrons. The Kier molecular flexibility index (Phi) is 5.60. The summed E-state index contributed by atoms with van der Waals surface area (Å²) in [6.45, 7) is 5.33. The average molecular weight is 392 g/mol. The molecule has 0 bridgehead atoms. The first kappa shape index (κ1) is 18.8. The van der Waals surface area contributed by atoms with E-state index in [1.54, 1.807) is 15.6 Å².